The van der Waals surface area contributed by atoms with Crippen LogP contribution in [0.1, 0.15) is 58.2 Å². The lowest BCUT2D eigenvalue weighted by Gasteiger charge is -2.27. The Morgan fingerprint density at radius 2 is 1.52 bits per heavy atom. The number of benzene rings is 4. The average molecular weight is 529 g/mol. The molecule has 0 saturated heterocycles. The van der Waals surface area contributed by atoms with Crippen molar-refractivity contribution >= 4 is 43.5 Å². The highest BCUT2D eigenvalue weighted by Crippen LogP contribution is 2.54. The summed E-state index contributed by atoms with van der Waals surface area (Å²) in [4.78, 5) is 0. The van der Waals surface area contributed by atoms with Crippen LogP contribution in [0.4, 0.5) is 0 Å². The number of furan rings is 1. The first-order valence-corrected chi connectivity index (χ1v) is 14.4. The number of ether oxygens (including phenoxy) is 1. The minimum Gasteiger partial charge on any atom is -0.456 e. The molecule has 3 heterocycles. The molecule has 0 fully saturated rings. The Labute approximate surface area is 236 Å². The summed E-state index contributed by atoms with van der Waals surface area (Å²) in [5.74, 6) is 1.92. The largest absolute Gasteiger partial charge is 0.456 e. The van der Waals surface area contributed by atoms with Crippen LogP contribution in [0.2, 0.25) is 0 Å². The number of aromatic nitrogens is 1. The van der Waals surface area contributed by atoms with Crippen molar-refractivity contribution in [3.05, 3.63) is 77.5 Å². The van der Waals surface area contributed by atoms with E-state index in [1.165, 1.54) is 43.8 Å². The van der Waals surface area contributed by atoms with Gasteiger partial charge in [0.15, 0.2) is 6.20 Å². The number of pyridine rings is 1. The van der Waals surface area contributed by atoms with Gasteiger partial charge in [-0.05, 0) is 59.1 Å². The topological polar surface area (TPSA) is 26.2 Å². The minimum absolute atomic E-state index is 0.0669. The standard InChI is InChI=1S/C37H38NO2/c1-21-29-33-32-25(16-17-38(33)8)30-22(12-11-13-23(30)19-36(2,3)4)18-28(32)40-35(29)26(20-37(5,6)7)31-24-14-9-10-15-27(24)39-34(21)31/h9-18H,19-20H2,1-8H3/q+1. The summed E-state index contributed by atoms with van der Waals surface area (Å²) < 4.78 is 16.0. The predicted molar refractivity (Wildman–Crippen MR) is 166 cm³/mol. The van der Waals surface area contributed by atoms with Crippen molar-refractivity contribution in [1.82, 2.24) is 0 Å². The van der Waals surface area contributed by atoms with Gasteiger partial charge < -0.3 is 9.15 Å². The molecule has 3 nitrogen and oxygen atoms in total. The number of hydrogen-bond acceptors (Lipinski definition) is 2. The molecule has 3 heteroatoms. The lowest BCUT2D eigenvalue weighted by Crippen LogP contribution is -2.32. The van der Waals surface area contributed by atoms with E-state index in [4.69, 9.17) is 9.15 Å². The highest BCUT2D eigenvalue weighted by atomic mass is 16.5. The molecule has 6 aromatic rings. The zero-order valence-electron chi connectivity index (χ0n) is 25.0. The van der Waals surface area contributed by atoms with Crippen LogP contribution < -0.4 is 9.30 Å². The van der Waals surface area contributed by atoms with Gasteiger partial charge in [0, 0.05) is 33.4 Å². The third-order valence-corrected chi connectivity index (χ3v) is 8.30. The van der Waals surface area contributed by atoms with Crippen molar-refractivity contribution < 1.29 is 13.7 Å². The van der Waals surface area contributed by atoms with Crippen LogP contribution in [0.25, 0.3) is 54.7 Å². The number of aryl methyl sites for hydroxylation is 2. The van der Waals surface area contributed by atoms with E-state index in [0.717, 1.165) is 52.0 Å². The maximum Gasteiger partial charge on any atom is 0.228 e. The van der Waals surface area contributed by atoms with Crippen LogP contribution in [-0.2, 0) is 19.9 Å². The summed E-state index contributed by atoms with van der Waals surface area (Å²) in [5.41, 5.74) is 8.27. The van der Waals surface area contributed by atoms with Crippen LogP contribution in [0.15, 0.2) is 65.2 Å². The van der Waals surface area contributed by atoms with Gasteiger partial charge >= 0.3 is 0 Å². The third kappa shape index (κ3) is 3.74. The van der Waals surface area contributed by atoms with Crippen molar-refractivity contribution in [3.63, 3.8) is 0 Å². The molecule has 0 radical (unpaired) electrons. The average Bonchev–Trinajstić information content (AvgIpc) is 3.26. The smallest absolute Gasteiger partial charge is 0.228 e. The van der Waals surface area contributed by atoms with E-state index in [1.54, 1.807) is 0 Å². The Morgan fingerprint density at radius 3 is 2.27 bits per heavy atom. The van der Waals surface area contributed by atoms with Gasteiger partial charge in [-0.1, -0.05) is 77.9 Å². The normalized spacial score (nSPS) is 13.4. The van der Waals surface area contributed by atoms with Crippen molar-refractivity contribution in [2.75, 3.05) is 0 Å². The third-order valence-electron chi connectivity index (χ3n) is 8.30. The molecule has 7 rings (SSSR count). The molecule has 4 aromatic carbocycles. The Kier molecular flexibility index (Phi) is 5.24. The molecule has 0 N–H and O–H groups in total. The van der Waals surface area contributed by atoms with Gasteiger partial charge in [0.25, 0.3) is 0 Å². The van der Waals surface area contributed by atoms with Crippen molar-refractivity contribution in [1.29, 1.82) is 0 Å². The van der Waals surface area contributed by atoms with Crippen molar-refractivity contribution in [2.24, 2.45) is 17.9 Å². The fraction of sp³-hybridized carbons (Fsp3) is 0.324. The molecule has 0 spiro atoms. The second-order valence-corrected chi connectivity index (χ2v) is 14.1. The molecule has 0 aliphatic carbocycles. The first-order valence-electron chi connectivity index (χ1n) is 14.4. The molecule has 0 amide bonds. The summed E-state index contributed by atoms with van der Waals surface area (Å²) in [6, 6.07) is 19.7. The fourth-order valence-corrected chi connectivity index (χ4v) is 6.85. The van der Waals surface area contributed by atoms with E-state index in [9.17, 15) is 0 Å². The van der Waals surface area contributed by atoms with Gasteiger partial charge in [0.05, 0.1) is 10.9 Å². The highest BCUT2D eigenvalue weighted by Gasteiger charge is 2.36. The number of hydrogen-bond donors (Lipinski definition) is 0. The molecule has 2 aromatic heterocycles. The first-order chi connectivity index (χ1) is 18.9. The molecule has 202 valence electrons. The lowest BCUT2D eigenvalue weighted by molar-refractivity contribution is -0.659. The molecule has 0 unspecified atom stereocenters. The SMILES string of the molecule is Cc1c2c(c(CC(C)(C)C)c3c1oc1ccccc13)Oc1cc3cccc(CC(C)(C)C)c3c3cc[n+](C)c-2c13. The maximum absolute atomic E-state index is 7.08. The maximum atomic E-state index is 7.08. The van der Waals surface area contributed by atoms with Crippen LogP contribution in [-0.4, -0.2) is 0 Å². The number of rotatable bonds is 2. The number of para-hydroxylation sites is 1. The second-order valence-electron chi connectivity index (χ2n) is 14.1. The van der Waals surface area contributed by atoms with Gasteiger partial charge in [-0.25, -0.2) is 4.57 Å². The molecule has 40 heavy (non-hydrogen) atoms. The van der Waals surface area contributed by atoms with E-state index in [2.05, 4.69) is 121 Å². The van der Waals surface area contributed by atoms with E-state index in [-0.39, 0.29) is 10.8 Å². The molecule has 1 aliphatic heterocycles. The number of fused-ring (bicyclic) bond motifs is 7. The van der Waals surface area contributed by atoms with Crippen LogP contribution in [0, 0.1) is 17.8 Å². The monoisotopic (exact) mass is 528 g/mol. The summed E-state index contributed by atoms with van der Waals surface area (Å²) >= 11 is 0. The van der Waals surface area contributed by atoms with Crippen LogP contribution >= 0.6 is 0 Å². The summed E-state index contributed by atoms with van der Waals surface area (Å²) in [7, 11) is 2.16. The second kappa shape index (κ2) is 8.33. The molecular weight excluding hydrogens is 490 g/mol. The quantitative estimate of drug-likeness (QED) is 0.165. The summed E-state index contributed by atoms with van der Waals surface area (Å²) in [6.07, 6.45) is 4.12. The zero-order chi connectivity index (χ0) is 28.1. The van der Waals surface area contributed by atoms with Gasteiger partial charge in [0.1, 0.15) is 29.7 Å². The van der Waals surface area contributed by atoms with E-state index in [1.807, 2.05) is 0 Å². The van der Waals surface area contributed by atoms with E-state index >= 15 is 0 Å². The molecular formula is C37H38NO2+. The van der Waals surface area contributed by atoms with E-state index in [0.29, 0.717) is 0 Å². The molecule has 0 atom stereocenters. The Bertz CT molecular complexity index is 2010. The Balaban J connectivity index is 1.65. The van der Waals surface area contributed by atoms with E-state index < -0.39 is 0 Å². The Morgan fingerprint density at radius 1 is 0.775 bits per heavy atom. The summed E-state index contributed by atoms with van der Waals surface area (Å²) in [5, 5.41) is 7.36. The number of nitrogens with zero attached hydrogens (tertiary/aromatic N) is 1. The Hall–Kier alpha value is -3.85. The molecule has 1 aliphatic rings. The van der Waals surface area contributed by atoms with Crippen molar-refractivity contribution in [3.8, 4) is 22.8 Å². The van der Waals surface area contributed by atoms with Gasteiger partial charge in [0.2, 0.25) is 5.69 Å². The molecule has 0 bridgehead atoms. The predicted octanol–water partition coefficient (Wildman–Crippen LogP) is 9.98. The van der Waals surface area contributed by atoms with Gasteiger partial charge in [-0.2, -0.15) is 0 Å². The van der Waals surface area contributed by atoms with Gasteiger partial charge in [-0.3, -0.25) is 0 Å². The van der Waals surface area contributed by atoms with Crippen LogP contribution in [0.3, 0.4) is 0 Å². The summed E-state index contributed by atoms with van der Waals surface area (Å²) in [6.45, 7) is 16.0. The highest BCUT2D eigenvalue weighted by molar-refractivity contribution is 6.18. The zero-order valence-corrected chi connectivity index (χ0v) is 25.0. The van der Waals surface area contributed by atoms with Crippen molar-refractivity contribution in [2.45, 2.75) is 61.3 Å². The first kappa shape index (κ1) is 25.1. The molecule has 0 saturated carbocycles. The lowest BCUT2D eigenvalue weighted by atomic mass is 9.81. The van der Waals surface area contributed by atoms with Crippen LogP contribution in [0.5, 0.6) is 11.5 Å². The minimum atomic E-state index is 0.0669. The van der Waals surface area contributed by atoms with Gasteiger partial charge in [-0.15, -0.1) is 0 Å². The fourth-order valence-electron chi connectivity index (χ4n) is 6.85.